The van der Waals surface area contributed by atoms with E-state index in [1.807, 2.05) is 18.2 Å². The molecule has 0 saturated heterocycles. The number of ether oxygens (including phenoxy) is 1. The minimum atomic E-state index is 0.0603. The normalized spacial score (nSPS) is 9.89. The van der Waals surface area contributed by atoms with Crippen LogP contribution in [-0.2, 0) is 0 Å². The number of hydrogen-bond acceptors (Lipinski definition) is 3. The maximum Gasteiger partial charge on any atom is 0.166 e. The summed E-state index contributed by atoms with van der Waals surface area (Å²) in [5, 5.41) is 0. The highest BCUT2D eigenvalue weighted by Gasteiger charge is 2.05. The van der Waals surface area contributed by atoms with E-state index in [4.69, 9.17) is 4.74 Å². The Morgan fingerprint density at radius 3 is 2.32 bits per heavy atom. The molecule has 0 aliphatic carbocycles. The maximum atomic E-state index is 11.8. The minimum absolute atomic E-state index is 0.0603. The third kappa shape index (κ3) is 3.78. The maximum absolute atomic E-state index is 11.8. The molecule has 0 atom stereocenters. The van der Waals surface area contributed by atoms with Gasteiger partial charge in [-0.2, -0.15) is 0 Å². The van der Waals surface area contributed by atoms with Crippen molar-refractivity contribution in [2.24, 2.45) is 0 Å². The van der Waals surface area contributed by atoms with Crippen molar-refractivity contribution in [3.8, 4) is 5.75 Å². The van der Waals surface area contributed by atoms with Crippen LogP contribution in [0.5, 0.6) is 5.75 Å². The summed E-state index contributed by atoms with van der Waals surface area (Å²) in [6, 6.07) is 15.9. The van der Waals surface area contributed by atoms with E-state index in [2.05, 4.69) is 0 Å². The smallest absolute Gasteiger partial charge is 0.166 e. The molecule has 2 aromatic rings. The molecule has 0 N–H and O–H groups in total. The quantitative estimate of drug-likeness (QED) is 0.587. The zero-order valence-corrected chi connectivity index (χ0v) is 10.4. The van der Waals surface area contributed by atoms with Crippen LogP contribution in [-0.4, -0.2) is 18.7 Å². The molecular formula is C16H14O3. The van der Waals surface area contributed by atoms with Crippen molar-refractivity contribution in [3.05, 3.63) is 65.7 Å². The van der Waals surface area contributed by atoms with E-state index in [1.165, 1.54) is 0 Å². The Labute approximate surface area is 111 Å². The zero-order chi connectivity index (χ0) is 13.5. The SMILES string of the molecule is O=Cc1ccc(OCCC(=O)c2ccccc2)cc1. The topological polar surface area (TPSA) is 43.4 Å². The fourth-order valence-corrected chi connectivity index (χ4v) is 1.67. The Kier molecular flexibility index (Phi) is 4.45. The predicted octanol–water partition coefficient (Wildman–Crippen LogP) is 3.15. The van der Waals surface area contributed by atoms with Crippen LogP contribution in [0.1, 0.15) is 27.1 Å². The summed E-state index contributed by atoms with van der Waals surface area (Å²) in [6.45, 7) is 0.328. The number of Topliss-reactive ketones (excluding diaryl/α,β-unsaturated/α-hetero) is 1. The van der Waals surface area contributed by atoms with E-state index < -0.39 is 0 Å². The lowest BCUT2D eigenvalue weighted by molar-refractivity contribution is 0.0962. The standard InChI is InChI=1S/C16H14O3/c17-12-13-6-8-15(9-7-13)19-11-10-16(18)14-4-2-1-3-5-14/h1-9,12H,10-11H2. The molecule has 0 spiro atoms. The first-order valence-electron chi connectivity index (χ1n) is 6.06. The van der Waals surface area contributed by atoms with Gasteiger partial charge in [0.15, 0.2) is 5.78 Å². The van der Waals surface area contributed by atoms with Crippen LogP contribution >= 0.6 is 0 Å². The number of aldehydes is 1. The largest absolute Gasteiger partial charge is 0.493 e. The molecule has 0 bridgehead atoms. The average Bonchev–Trinajstić information content (AvgIpc) is 2.49. The van der Waals surface area contributed by atoms with Crippen LogP contribution in [0.2, 0.25) is 0 Å². The van der Waals surface area contributed by atoms with Gasteiger partial charge in [-0.15, -0.1) is 0 Å². The van der Waals surface area contributed by atoms with Crippen molar-refractivity contribution < 1.29 is 14.3 Å². The summed E-state index contributed by atoms with van der Waals surface area (Å²) in [5.41, 5.74) is 1.30. The predicted molar refractivity (Wildman–Crippen MR) is 72.7 cm³/mol. The summed E-state index contributed by atoms with van der Waals surface area (Å²) in [4.78, 5) is 22.3. The van der Waals surface area contributed by atoms with E-state index in [1.54, 1.807) is 36.4 Å². The summed E-state index contributed by atoms with van der Waals surface area (Å²) < 4.78 is 5.46. The lowest BCUT2D eigenvalue weighted by atomic mass is 10.1. The number of carbonyl (C=O) groups excluding carboxylic acids is 2. The van der Waals surface area contributed by atoms with Crippen LogP contribution in [0.4, 0.5) is 0 Å². The van der Waals surface area contributed by atoms with E-state index >= 15 is 0 Å². The van der Waals surface area contributed by atoms with Gasteiger partial charge < -0.3 is 4.74 Å². The van der Waals surface area contributed by atoms with Gasteiger partial charge >= 0.3 is 0 Å². The van der Waals surface area contributed by atoms with E-state index in [0.717, 1.165) is 6.29 Å². The van der Waals surface area contributed by atoms with Crippen molar-refractivity contribution in [2.45, 2.75) is 6.42 Å². The number of rotatable bonds is 6. The molecule has 0 heterocycles. The van der Waals surface area contributed by atoms with Gasteiger partial charge in [-0.3, -0.25) is 9.59 Å². The van der Waals surface area contributed by atoms with Gasteiger partial charge in [0.25, 0.3) is 0 Å². The Hall–Kier alpha value is -2.42. The van der Waals surface area contributed by atoms with Gasteiger partial charge in [-0.05, 0) is 24.3 Å². The van der Waals surface area contributed by atoms with Gasteiger partial charge in [-0.25, -0.2) is 0 Å². The lowest BCUT2D eigenvalue weighted by Gasteiger charge is -2.05. The highest BCUT2D eigenvalue weighted by atomic mass is 16.5. The first-order chi connectivity index (χ1) is 9.29. The third-order valence-corrected chi connectivity index (χ3v) is 2.71. The second-order valence-corrected chi connectivity index (χ2v) is 4.07. The van der Waals surface area contributed by atoms with Crippen molar-refractivity contribution in [1.82, 2.24) is 0 Å². The molecule has 3 heteroatoms. The van der Waals surface area contributed by atoms with Crippen molar-refractivity contribution >= 4 is 12.1 Å². The van der Waals surface area contributed by atoms with Crippen LogP contribution < -0.4 is 4.74 Å². The van der Waals surface area contributed by atoms with Gasteiger partial charge in [0, 0.05) is 17.5 Å². The molecule has 2 rings (SSSR count). The Balaban J connectivity index is 1.83. The molecule has 0 fully saturated rings. The first kappa shape index (κ1) is 13.0. The number of benzene rings is 2. The molecule has 0 radical (unpaired) electrons. The highest BCUT2D eigenvalue weighted by molar-refractivity contribution is 5.96. The summed E-state index contributed by atoms with van der Waals surface area (Å²) >= 11 is 0. The van der Waals surface area contributed by atoms with Crippen LogP contribution in [0.25, 0.3) is 0 Å². The van der Waals surface area contributed by atoms with E-state index in [0.29, 0.717) is 29.9 Å². The summed E-state index contributed by atoms with van der Waals surface area (Å²) in [5.74, 6) is 0.719. The van der Waals surface area contributed by atoms with Crippen molar-refractivity contribution in [2.75, 3.05) is 6.61 Å². The number of ketones is 1. The van der Waals surface area contributed by atoms with Gasteiger partial charge in [-0.1, -0.05) is 30.3 Å². The molecule has 0 aliphatic heterocycles. The molecule has 19 heavy (non-hydrogen) atoms. The lowest BCUT2D eigenvalue weighted by Crippen LogP contribution is -2.06. The molecular weight excluding hydrogens is 240 g/mol. The second-order valence-electron chi connectivity index (χ2n) is 4.07. The summed E-state index contributed by atoms with van der Waals surface area (Å²) in [6.07, 6.45) is 1.11. The molecule has 0 aliphatic rings. The van der Waals surface area contributed by atoms with Gasteiger partial charge in [0.2, 0.25) is 0 Å². The minimum Gasteiger partial charge on any atom is -0.493 e. The van der Waals surface area contributed by atoms with Crippen LogP contribution in [0, 0.1) is 0 Å². The monoisotopic (exact) mass is 254 g/mol. The van der Waals surface area contributed by atoms with E-state index in [-0.39, 0.29) is 5.78 Å². The fourth-order valence-electron chi connectivity index (χ4n) is 1.67. The summed E-state index contributed by atoms with van der Waals surface area (Å²) in [7, 11) is 0. The molecule has 96 valence electrons. The van der Waals surface area contributed by atoms with Gasteiger partial charge in [0.1, 0.15) is 12.0 Å². The van der Waals surface area contributed by atoms with Crippen LogP contribution in [0.3, 0.4) is 0 Å². The number of carbonyl (C=O) groups is 2. The fraction of sp³-hybridized carbons (Fsp3) is 0.125. The molecule has 0 unspecified atom stereocenters. The molecule has 0 aromatic heterocycles. The van der Waals surface area contributed by atoms with Crippen molar-refractivity contribution in [1.29, 1.82) is 0 Å². The zero-order valence-electron chi connectivity index (χ0n) is 10.4. The molecule has 3 nitrogen and oxygen atoms in total. The number of hydrogen-bond donors (Lipinski definition) is 0. The Morgan fingerprint density at radius 1 is 1.00 bits per heavy atom. The second kappa shape index (κ2) is 6.50. The Morgan fingerprint density at radius 2 is 1.68 bits per heavy atom. The first-order valence-corrected chi connectivity index (χ1v) is 6.06. The third-order valence-electron chi connectivity index (χ3n) is 2.71. The molecule has 0 saturated carbocycles. The molecule has 0 amide bonds. The van der Waals surface area contributed by atoms with Crippen molar-refractivity contribution in [3.63, 3.8) is 0 Å². The molecule has 2 aromatic carbocycles. The van der Waals surface area contributed by atoms with E-state index in [9.17, 15) is 9.59 Å². The van der Waals surface area contributed by atoms with Gasteiger partial charge in [0.05, 0.1) is 6.61 Å². The average molecular weight is 254 g/mol. The highest BCUT2D eigenvalue weighted by Crippen LogP contribution is 2.12. The Bertz CT molecular complexity index is 544. The van der Waals surface area contributed by atoms with Crippen LogP contribution in [0.15, 0.2) is 54.6 Å².